The van der Waals surface area contributed by atoms with Crippen molar-refractivity contribution in [1.29, 1.82) is 0 Å². The molecule has 0 spiro atoms. The number of carbonyl (C=O) groups excluding carboxylic acids is 1. The smallest absolute Gasteiger partial charge is 0.255 e. The Kier molecular flexibility index (Phi) is 5.04. The quantitative estimate of drug-likeness (QED) is 0.719. The number of halogens is 1. The molecule has 2 aromatic carbocycles. The standard InChI is InChI=1S/C20H20FN3OS/c1-11-4-9-16(12(2)10-11)23-19(25)17-13(3)22-20(26)24-18(17)14-5-7-15(21)8-6-14/h4-10,18H,1-3H3,(H,23,25)(H2,22,24,26)/t18-/m0/s1. The van der Waals surface area contributed by atoms with E-state index in [4.69, 9.17) is 12.2 Å². The lowest BCUT2D eigenvalue weighted by Crippen LogP contribution is -2.45. The molecule has 26 heavy (non-hydrogen) atoms. The van der Waals surface area contributed by atoms with E-state index < -0.39 is 6.04 Å². The third-order valence-electron chi connectivity index (χ3n) is 4.35. The zero-order chi connectivity index (χ0) is 18.8. The van der Waals surface area contributed by atoms with Crippen molar-refractivity contribution in [3.63, 3.8) is 0 Å². The molecular weight excluding hydrogens is 349 g/mol. The summed E-state index contributed by atoms with van der Waals surface area (Å²) < 4.78 is 13.3. The van der Waals surface area contributed by atoms with Gasteiger partial charge in [0.25, 0.3) is 5.91 Å². The molecule has 4 nitrogen and oxygen atoms in total. The van der Waals surface area contributed by atoms with Crippen molar-refractivity contribution < 1.29 is 9.18 Å². The van der Waals surface area contributed by atoms with Crippen LogP contribution >= 0.6 is 12.2 Å². The van der Waals surface area contributed by atoms with Crippen LogP contribution in [0.2, 0.25) is 0 Å². The second kappa shape index (κ2) is 7.25. The molecule has 3 N–H and O–H groups in total. The highest BCUT2D eigenvalue weighted by atomic mass is 32.1. The first-order chi connectivity index (χ1) is 12.3. The molecule has 3 rings (SSSR count). The number of thiocarbonyl (C=S) groups is 1. The molecule has 0 unspecified atom stereocenters. The monoisotopic (exact) mass is 369 g/mol. The van der Waals surface area contributed by atoms with Crippen molar-refractivity contribution in [1.82, 2.24) is 10.6 Å². The molecule has 1 heterocycles. The Balaban J connectivity index is 1.95. The zero-order valence-electron chi connectivity index (χ0n) is 14.8. The van der Waals surface area contributed by atoms with E-state index in [2.05, 4.69) is 16.0 Å². The molecule has 0 aromatic heterocycles. The Bertz CT molecular complexity index is 906. The van der Waals surface area contributed by atoms with Gasteiger partial charge in [-0.05, 0) is 62.3 Å². The van der Waals surface area contributed by atoms with Crippen molar-refractivity contribution in [3.8, 4) is 0 Å². The number of allylic oxidation sites excluding steroid dienone is 1. The summed E-state index contributed by atoms with van der Waals surface area (Å²) >= 11 is 5.23. The summed E-state index contributed by atoms with van der Waals surface area (Å²) in [5.41, 5.74) is 4.83. The number of carbonyl (C=O) groups is 1. The lowest BCUT2D eigenvalue weighted by Gasteiger charge is -2.30. The van der Waals surface area contributed by atoms with E-state index in [0.717, 1.165) is 22.4 Å². The van der Waals surface area contributed by atoms with E-state index in [9.17, 15) is 9.18 Å². The number of amides is 1. The van der Waals surface area contributed by atoms with Gasteiger partial charge in [0.1, 0.15) is 5.82 Å². The SMILES string of the molecule is CC1=C(C(=O)Nc2ccc(C)cc2C)[C@H](c2ccc(F)cc2)NC(=S)N1. The predicted octanol–water partition coefficient (Wildman–Crippen LogP) is 3.87. The highest BCUT2D eigenvalue weighted by Gasteiger charge is 2.30. The third-order valence-corrected chi connectivity index (χ3v) is 4.57. The highest BCUT2D eigenvalue weighted by Crippen LogP contribution is 2.28. The maximum absolute atomic E-state index is 13.3. The van der Waals surface area contributed by atoms with Crippen LogP contribution in [0.1, 0.15) is 29.7 Å². The van der Waals surface area contributed by atoms with Crippen molar-refractivity contribution in [3.05, 3.63) is 76.2 Å². The first-order valence-electron chi connectivity index (χ1n) is 8.27. The van der Waals surface area contributed by atoms with Crippen LogP contribution in [0, 0.1) is 19.7 Å². The minimum atomic E-state index is -0.449. The lowest BCUT2D eigenvalue weighted by atomic mass is 9.94. The summed E-state index contributed by atoms with van der Waals surface area (Å²) in [5, 5.41) is 9.50. The van der Waals surface area contributed by atoms with Crippen molar-refractivity contribution in [2.45, 2.75) is 26.8 Å². The molecule has 1 aliphatic rings. The summed E-state index contributed by atoms with van der Waals surface area (Å²) in [4.78, 5) is 13.0. The van der Waals surface area contributed by atoms with Gasteiger partial charge in [-0.3, -0.25) is 4.79 Å². The van der Waals surface area contributed by atoms with E-state index >= 15 is 0 Å². The molecular formula is C20H20FN3OS. The number of nitrogens with one attached hydrogen (secondary N) is 3. The minimum Gasteiger partial charge on any atom is -0.351 e. The Morgan fingerprint density at radius 1 is 1.12 bits per heavy atom. The topological polar surface area (TPSA) is 53.2 Å². The molecule has 2 aromatic rings. The number of anilines is 1. The van der Waals surface area contributed by atoms with Gasteiger partial charge in [-0.2, -0.15) is 0 Å². The molecule has 0 bridgehead atoms. The molecule has 134 valence electrons. The first kappa shape index (κ1) is 18.1. The van der Waals surface area contributed by atoms with Gasteiger partial charge in [0.05, 0.1) is 11.6 Å². The molecule has 1 amide bonds. The number of aryl methyl sites for hydroxylation is 2. The predicted molar refractivity (Wildman–Crippen MR) is 105 cm³/mol. The van der Waals surface area contributed by atoms with Crippen LogP contribution in [0.15, 0.2) is 53.7 Å². The Labute approximate surface area is 157 Å². The van der Waals surface area contributed by atoms with Crippen molar-refractivity contribution in [2.24, 2.45) is 0 Å². The van der Waals surface area contributed by atoms with Gasteiger partial charge in [0, 0.05) is 11.4 Å². The Morgan fingerprint density at radius 2 is 1.81 bits per heavy atom. The average Bonchev–Trinajstić information content (AvgIpc) is 2.57. The van der Waals surface area contributed by atoms with Crippen LogP contribution in [0.4, 0.5) is 10.1 Å². The molecule has 1 atom stereocenters. The first-order valence-corrected chi connectivity index (χ1v) is 8.68. The van der Waals surface area contributed by atoms with Crippen molar-refractivity contribution >= 4 is 28.9 Å². The fourth-order valence-electron chi connectivity index (χ4n) is 3.04. The zero-order valence-corrected chi connectivity index (χ0v) is 15.6. The number of hydrogen-bond donors (Lipinski definition) is 3. The van der Waals surface area contributed by atoms with E-state index in [1.807, 2.05) is 32.0 Å². The molecule has 0 fully saturated rings. The largest absolute Gasteiger partial charge is 0.351 e. The third kappa shape index (κ3) is 3.75. The Hall–Kier alpha value is -2.73. The van der Waals surface area contributed by atoms with Gasteiger partial charge in [0.2, 0.25) is 0 Å². The summed E-state index contributed by atoms with van der Waals surface area (Å²) in [5.74, 6) is -0.557. The molecule has 0 saturated heterocycles. The van der Waals surface area contributed by atoms with Crippen LogP contribution in [-0.4, -0.2) is 11.0 Å². The van der Waals surface area contributed by atoms with E-state index in [1.54, 1.807) is 19.1 Å². The normalized spacial score (nSPS) is 16.8. The summed E-state index contributed by atoms with van der Waals surface area (Å²) in [6, 6.07) is 11.5. The molecule has 6 heteroatoms. The summed E-state index contributed by atoms with van der Waals surface area (Å²) in [7, 11) is 0. The molecule has 0 radical (unpaired) electrons. The highest BCUT2D eigenvalue weighted by molar-refractivity contribution is 7.80. The number of benzene rings is 2. The summed E-state index contributed by atoms with van der Waals surface area (Å²) in [6.07, 6.45) is 0. The molecule has 0 aliphatic carbocycles. The van der Waals surface area contributed by atoms with Crippen LogP contribution in [-0.2, 0) is 4.79 Å². The maximum Gasteiger partial charge on any atom is 0.255 e. The van der Waals surface area contributed by atoms with E-state index in [0.29, 0.717) is 16.4 Å². The lowest BCUT2D eigenvalue weighted by molar-refractivity contribution is -0.113. The Morgan fingerprint density at radius 3 is 2.46 bits per heavy atom. The van der Waals surface area contributed by atoms with Crippen LogP contribution in [0.25, 0.3) is 0 Å². The second-order valence-corrected chi connectivity index (χ2v) is 6.80. The fraction of sp³-hybridized carbons (Fsp3) is 0.200. The van der Waals surface area contributed by atoms with Crippen LogP contribution < -0.4 is 16.0 Å². The molecule has 1 aliphatic heterocycles. The number of hydrogen-bond acceptors (Lipinski definition) is 2. The van der Waals surface area contributed by atoms with E-state index in [1.165, 1.54) is 12.1 Å². The van der Waals surface area contributed by atoms with Gasteiger partial charge in [0.15, 0.2) is 5.11 Å². The van der Waals surface area contributed by atoms with Gasteiger partial charge in [-0.15, -0.1) is 0 Å². The number of rotatable bonds is 3. The molecule has 0 saturated carbocycles. The second-order valence-electron chi connectivity index (χ2n) is 6.39. The minimum absolute atomic E-state index is 0.230. The maximum atomic E-state index is 13.3. The van der Waals surface area contributed by atoms with Crippen LogP contribution in [0.5, 0.6) is 0 Å². The average molecular weight is 369 g/mol. The summed E-state index contributed by atoms with van der Waals surface area (Å²) in [6.45, 7) is 5.76. The van der Waals surface area contributed by atoms with Gasteiger partial charge in [-0.1, -0.05) is 29.8 Å². The van der Waals surface area contributed by atoms with Gasteiger partial charge < -0.3 is 16.0 Å². The van der Waals surface area contributed by atoms with E-state index in [-0.39, 0.29) is 11.7 Å². The van der Waals surface area contributed by atoms with Crippen LogP contribution in [0.3, 0.4) is 0 Å². The van der Waals surface area contributed by atoms with Crippen molar-refractivity contribution in [2.75, 3.05) is 5.32 Å². The van der Waals surface area contributed by atoms with Gasteiger partial charge >= 0.3 is 0 Å². The fourth-order valence-corrected chi connectivity index (χ4v) is 3.31. The van der Waals surface area contributed by atoms with Gasteiger partial charge in [-0.25, -0.2) is 4.39 Å².